The van der Waals surface area contributed by atoms with Crippen LogP contribution in [0, 0.1) is 24.1 Å². The monoisotopic (exact) mass is 344 g/mol. The van der Waals surface area contributed by atoms with Crippen LogP contribution in [0.15, 0.2) is 23.7 Å². The molecule has 0 atom stereocenters. The number of anilines is 1. The molecule has 7 heteroatoms. The Morgan fingerprint density at radius 2 is 2.17 bits per heavy atom. The second-order valence-corrected chi connectivity index (χ2v) is 6.50. The van der Waals surface area contributed by atoms with Gasteiger partial charge < -0.3 is 9.80 Å². The van der Waals surface area contributed by atoms with Crippen LogP contribution in [0.2, 0.25) is 0 Å². The highest BCUT2D eigenvalue weighted by molar-refractivity contribution is 7.11. The topological polar surface area (TPSA) is 60.2 Å². The van der Waals surface area contributed by atoms with Crippen molar-refractivity contribution < 1.29 is 9.18 Å². The van der Waals surface area contributed by atoms with Crippen LogP contribution < -0.4 is 4.90 Å². The van der Waals surface area contributed by atoms with Crippen LogP contribution in [-0.4, -0.2) is 42.0 Å². The number of nitriles is 1. The molecule has 0 bridgehead atoms. The molecule has 1 aromatic heterocycles. The van der Waals surface area contributed by atoms with Gasteiger partial charge >= 0.3 is 0 Å². The van der Waals surface area contributed by atoms with E-state index < -0.39 is 5.82 Å². The molecular formula is C17H17FN4OS. The molecule has 1 saturated heterocycles. The first-order valence-electron chi connectivity index (χ1n) is 7.74. The van der Waals surface area contributed by atoms with Gasteiger partial charge in [0.15, 0.2) is 0 Å². The van der Waals surface area contributed by atoms with Crippen molar-refractivity contribution in [3.63, 3.8) is 0 Å². The lowest BCUT2D eigenvalue weighted by atomic mass is 10.1. The molecule has 24 heavy (non-hydrogen) atoms. The number of carbonyl (C=O) groups is 1. The van der Waals surface area contributed by atoms with Crippen molar-refractivity contribution in [2.45, 2.75) is 13.3 Å². The number of nitrogens with zero attached hydrogens (tertiary/aromatic N) is 4. The highest BCUT2D eigenvalue weighted by atomic mass is 32.1. The fraction of sp³-hybridized carbons (Fsp3) is 0.353. The summed E-state index contributed by atoms with van der Waals surface area (Å²) in [5.41, 5.74) is 3.10. The van der Waals surface area contributed by atoms with Crippen LogP contribution in [0.4, 0.5) is 10.1 Å². The third kappa shape index (κ3) is 3.10. The Bertz CT molecular complexity index is 798. The van der Waals surface area contributed by atoms with E-state index in [9.17, 15) is 14.4 Å². The molecule has 0 unspecified atom stereocenters. The van der Waals surface area contributed by atoms with Crippen molar-refractivity contribution in [1.29, 1.82) is 5.26 Å². The molecule has 2 aromatic rings. The van der Waals surface area contributed by atoms with Crippen LogP contribution in [0.5, 0.6) is 0 Å². The van der Waals surface area contributed by atoms with Gasteiger partial charge in [-0.2, -0.15) is 5.26 Å². The lowest BCUT2D eigenvalue weighted by molar-refractivity contribution is 0.0771. The van der Waals surface area contributed by atoms with Gasteiger partial charge in [0.25, 0.3) is 5.91 Å². The first-order valence-corrected chi connectivity index (χ1v) is 8.62. The lowest BCUT2D eigenvalue weighted by Gasteiger charge is -2.24. The Kier molecular flexibility index (Phi) is 4.76. The fourth-order valence-electron chi connectivity index (χ4n) is 2.90. The van der Waals surface area contributed by atoms with E-state index in [0.29, 0.717) is 36.7 Å². The first-order chi connectivity index (χ1) is 11.6. The number of hydrogen-bond acceptors (Lipinski definition) is 5. The number of benzene rings is 1. The van der Waals surface area contributed by atoms with Crippen LogP contribution in [0.3, 0.4) is 0 Å². The predicted molar refractivity (Wildman–Crippen MR) is 90.7 cm³/mol. The minimum absolute atomic E-state index is 0.00315. The summed E-state index contributed by atoms with van der Waals surface area (Å²) in [4.78, 5) is 21.2. The van der Waals surface area contributed by atoms with Gasteiger partial charge in [-0.05, 0) is 25.5 Å². The van der Waals surface area contributed by atoms with Crippen LogP contribution in [-0.2, 0) is 0 Å². The quantitative estimate of drug-likeness (QED) is 0.840. The molecular weight excluding hydrogens is 327 g/mol. The number of hydrogen-bond donors (Lipinski definition) is 0. The SMILES string of the molecule is Cc1ncsc1C(=O)N1CCCN(c2cccc(F)c2C#N)CC1. The zero-order valence-corrected chi connectivity index (χ0v) is 14.1. The third-order valence-corrected chi connectivity index (χ3v) is 5.08. The summed E-state index contributed by atoms with van der Waals surface area (Å²) < 4.78 is 13.8. The molecule has 0 aliphatic carbocycles. The number of amides is 1. The maximum Gasteiger partial charge on any atom is 0.265 e. The molecule has 1 aromatic carbocycles. The smallest absolute Gasteiger partial charge is 0.265 e. The maximum absolute atomic E-state index is 13.8. The second kappa shape index (κ2) is 6.97. The number of aromatic nitrogens is 1. The van der Waals surface area contributed by atoms with E-state index in [0.717, 1.165) is 12.1 Å². The summed E-state index contributed by atoms with van der Waals surface area (Å²) >= 11 is 1.35. The van der Waals surface area contributed by atoms with Gasteiger partial charge in [-0.3, -0.25) is 4.79 Å². The number of rotatable bonds is 2. The molecule has 1 aliphatic heterocycles. The Hall–Kier alpha value is -2.46. The summed E-state index contributed by atoms with van der Waals surface area (Å²) in [5, 5.41) is 9.21. The van der Waals surface area contributed by atoms with Crippen LogP contribution in [0.1, 0.15) is 27.3 Å². The van der Waals surface area contributed by atoms with Crippen molar-refractivity contribution in [3.8, 4) is 6.07 Å². The zero-order valence-electron chi connectivity index (χ0n) is 13.3. The van der Waals surface area contributed by atoms with Crippen LogP contribution in [0.25, 0.3) is 0 Å². The van der Waals surface area contributed by atoms with Gasteiger partial charge in [-0.1, -0.05) is 6.07 Å². The summed E-state index contributed by atoms with van der Waals surface area (Å²) in [5.74, 6) is -0.510. The van der Waals surface area contributed by atoms with Crippen molar-refractivity contribution in [2.75, 3.05) is 31.1 Å². The number of halogens is 1. The summed E-state index contributed by atoms with van der Waals surface area (Å²) in [6, 6.07) is 6.60. The molecule has 1 aliphatic rings. The molecule has 124 valence electrons. The summed E-state index contributed by atoms with van der Waals surface area (Å²) in [7, 11) is 0. The van der Waals surface area contributed by atoms with Gasteiger partial charge in [-0.15, -0.1) is 11.3 Å². The third-order valence-electron chi connectivity index (χ3n) is 4.17. The average molecular weight is 344 g/mol. The summed E-state index contributed by atoms with van der Waals surface area (Å²) in [6.45, 7) is 4.27. The Morgan fingerprint density at radius 1 is 1.33 bits per heavy atom. The standard InChI is InChI=1S/C17H17FN4OS/c1-12-16(24-11-20-12)17(23)22-7-3-6-21(8-9-22)15-5-2-4-14(18)13(15)10-19/h2,4-5,11H,3,6-9H2,1H3. The predicted octanol–water partition coefficient (Wildman–Crippen LogP) is 2.81. The minimum Gasteiger partial charge on any atom is -0.369 e. The van der Waals surface area contributed by atoms with E-state index in [2.05, 4.69) is 4.98 Å². The highest BCUT2D eigenvalue weighted by Gasteiger charge is 2.24. The van der Waals surface area contributed by atoms with Gasteiger partial charge in [0.1, 0.15) is 22.3 Å². The molecule has 0 spiro atoms. The molecule has 0 radical (unpaired) electrons. The van der Waals surface area contributed by atoms with E-state index in [-0.39, 0.29) is 11.5 Å². The van der Waals surface area contributed by atoms with E-state index in [1.807, 2.05) is 22.8 Å². The molecule has 1 fully saturated rings. The average Bonchev–Trinajstić information content (AvgIpc) is 2.86. The summed E-state index contributed by atoms with van der Waals surface area (Å²) in [6.07, 6.45) is 0.769. The second-order valence-electron chi connectivity index (χ2n) is 5.65. The Morgan fingerprint density at radius 3 is 2.88 bits per heavy atom. The lowest BCUT2D eigenvalue weighted by Crippen LogP contribution is -2.35. The van der Waals surface area contributed by atoms with Gasteiger partial charge in [-0.25, -0.2) is 9.37 Å². The van der Waals surface area contributed by atoms with Gasteiger partial charge in [0.05, 0.1) is 16.9 Å². The van der Waals surface area contributed by atoms with E-state index in [1.54, 1.807) is 17.6 Å². The minimum atomic E-state index is -0.507. The highest BCUT2D eigenvalue weighted by Crippen LogP contribution is 2.24. The van der Waals surface area contributed by atoms with Crippen molar-refractivity contribution in [3.05, 3.63) is 45.7 Å². The molecule has 0 N–H and O–H groups in total. The molecule has 0 saturated carbocycles. The first kappa shape index (κ1) is 16.4. The van der Waals surface area contributed by atoms with Crippen molar-refractivity contribution in [1.82, 2.24) is 9.88 Å². The van der Waals surface area contributed by atoms with Crippen molar-refractivity contribution in [2.24, 2.45) is 0 Å². The normalized spacial score (nSPS) is 15.0. The maximum atomic E-state index is 13.8. The number of thiazole rings is 1. The molecule has 3 rings (SSSR count). The Labute approximate surface area is 144 Å². The number of carbonyl (C=O) groups excluding carboxylic acids is 1. The molecule has 5 nitrogen and oxygen atoms in total. The fourth-order valence-corrected chi connectivity index (χ4v) is 3.67. The van der Waals surface area contributed by atoms with Gasteiger partial charge in [0.2, 0.25) is 0 Å². The largest absolute Gasteiger partial charge is 0.369 e. The van der Waals surface area contributed by atoms with Gasteiger partial charge in [0, 0.05) is 26.2 Å². The molecule has 2 heterocycles. The Balaban J connectivity index is 1.77. The van der Waals surface area contributed by atoms with E-state index in [1.165, 1.54) is 17.4 Å². The van der Waals surface area contributed by atoms with Crippen LogP contribution >= 0.6 is 11.3 Å². The van der Waals surface area contributed by atoms with E-state index >= 15 is 0 Å². The zero-order chi connectivity index (χ0) is 17.1. The van der Waals surface area contributed by atoms with Crippen molar-refractivity contribution >= 4 is 22.9 Å². The van der Waals surface area contributed by atoms with E-state index in [4.69, 9.17) is 0 Å². The molecule has 1 amide bonds. The number of aryl methyl sites for hydroxylation is 1.